The van der Waals surface area contributed by atoms with Gasteiger partial charge in [0.15, 0.2) is 0 Å². The molecule has 0 amide bonds. The van der Waals surface area contributed by atoms with E-state index in [9.17, 15) is 10.2 Å². The van der Waals surface area contributed by atoms with E-state index in [1.54, 1.807) is 0 Å². The number of rotatable bonds is 4. The van der Waals surface area contributed by atoms with Gasteiger partial charge >= 0.3 is 0 Å². The molecule has 3 heteroatoms. The van der Waals surface area contributed by atoms with Gasteiger partial charge in [0.2, 0.25) is 0 Å². The number of benzene rings is 2. The van der Waals surface area contributed by atoms with Crippen molar-refractivity contribution < 1.29 is 14.9 Å². The first-order valence-corrected chi connectivity index (χ1v) is 7.38. The Bertz CT molecular complexity index is 582. The van der Waals surface area contributed by atoms with Crippen LogP contribution in [0.5, 0.6) is 5.75 Å². The first-order valence-electron chi connectivity index (χ1n) is 7.38. The molecule has 21 heavy (non-hydrogen) atoms. The minimum Gasteiger partial charge on any atom is -0.493 e. The lowest BCUT2D eigenvalue weighted by molar-refractivity contribution is 0.00692. The summed E-state index contributed by atoms with van der Waals surface area (Å²) in [6, 6.07) is 17.3. The van der Waals surface area contributed by atoms with E-state index in [-0.39, 0.29) is 5.92 Å². The highest BCUT2D eigenvalue weighted by molar-refractivity contribution is 5.37. The zero-order valence-corrected chi connectivity index (χ0v) is 11.9. The quantitative estimate of drug-likeness (QED) is 0.907. The van der Waals surface area contributed by atoms with Crippen LogP contribution in [0.25, 0.3) is 0 Å². The molecule has 3 atom stereocenters. The maximum absolute atomic E-state index is 10.4. The molecule has 0 saturated carbocycles. The minimum atomic E-state index is -0.846. The number of para-hydroxylation sites is 1. The van der Waals surface area contributed by atoms with Gasteiger partial charge in [-0.25, -0.2) is 0 Å². The van der Waals surface area contributed by atoms with Gasteiger partial charge in [0, 0.05) is 0 Å². The monoisotopic (exact) mass is 284 g/mol. The van der Waals surface area contributed by atoms with Gasteiger partial charge in [0.05, 0.1) is 12.7 Å². The van der Waals surface area contributed by atoms with Crippen molar-refractivity contribution in [1.29, 1.82) is 0 Å². The predicted molar refractivity (Wildman–Crippen MR) is 81.3 cm³/mol. The molecule has 0 fully saturated rings. The van der Waals surface area contributed by atoms with Crippen molar-refractivity contribution >= 4 is 0 Å². The molecular formula is C18H20O3. The molecule has 2 aromatic carbocycles. The van der Waals surface area contributed by atoms with Crippen molar-refractivity contribution in [3.8, 4) is 5.75 Å². The molecule has 1 heterocycles. The summed E-state index contributed by atoms with van der Waals surface area (Å²) >= 11 is 0. The lowest BCUT2D eigenvalue weighted by Crippen LogP contribution is -2.24. The van der Waals surface area contributed by atoms with Gasteiger partial charge in [0.25, 0.3) is 0 Å². The van der Waals surface area contributed by atoms with Crippen LogP contribution >= 0.6 is 0 Å². The van der Waals surface area contributed by atoms with Gasteiger partial charge in [-0.1, -0.05) is 48.5 Å². The SMILES string of the molecule is OC(CC1CCOc2ccccc21)C(O)c1ccccc1. The Balaban J connectivity index is 1.72. The fourth-order valence-corrected chi connectivity index (χ4v) is 2.95. The Hall–Kier alpha value is -1.84. The largest absolute Gasteiger partial charge is 0.493 e. The summed E-state index contributed by atoms with van der Waals surface area (Å²) in [7, 11) is 0. The standard InChI is InChI=1S/C18H20O3/c19-16(18(20)13-6-2-1-3-7-13)12-14-10-11-21-17-9-5-4-8-15(14)17/h1-9,14,16,18-20H,10-12H2. The third-order valence-corrected chi connectivity index (χ3v) is 4.11. The van der Waals surface area contributed by atoms with Gasteiger partial charge in [-0.05, 0) is 36.0 Å². The van der Waals surface area contributed by atoms with Gasteiger partial charge in [-0.15, -0.1) is 0 Å². The van der Waals surface area contributed by atoms with Crippen molar-refractivity contribution in [2.45, 2.75) is 31.0 Å². The second kappa shape index (κ2) is 6.29. The summed E-state index contributed by atoms with van der Waals surface area (Å²) in [5, 5.41) is 20.6. The van der Waals surface area contributed by atoms with Crippen molar-refractivity contribution in [3.63, 3.8) is 0 Å². The van der Waals surface area contributed by atoms with Crippen molar-refractivity contribution in [2.75, 3.05) is 6.61 Å². The predicted octanol–water partition coefficient (Wildman–Crippen LogP) is 3.04. The molecule has 1 aliphatic heterocycles. The smallest absolute Gasteiger partial charge is 0.122 e. The van der Waals surface area contributed by atoms with Gasteiger partial charge in [-0.2, -0.15) is 0 Å². The number of fused-ring (bicyclic) bond motifs is 1. The molecular weight excluding hydrogens is 264 g/mol. The topological polar surface area (TPSA) is 49.7 Å². The Morgan fingerprint density at radius 2 is 1.71 bits per heavy atom. The number of ether oxygens (including phenoxy) is 1. The number of aliphatic hydroxyl groups excluding tert-OH is 2. The second-order valence-electron chi connectivity index (χ2n) is 5.53. The van der Waals surface area contributed by atoms with Crippen LogP contribution in [0, 0.1) is 0 Å². The third kappa shape index (κ3) is 3.09. The Kier molecular flexibility index (Phi) is 4.23. The van der Waals surface area contributed by atoms with Gasteiger partial charge < -0.3 is 14.9 Å². The van der Waals surface area contributed by atoms with E-state index in [2.05, 4.69) is 0 Å². The Labute approximate surface area is 124 Å². The maximum Gasteiger partial charge on any atom is 0.122 e. The average molecular weight is 284 g/mol. The zero-order valence-electron chi connectivity index (χ0n) is 11.9. The Morgan fingerprint density at radius 1 is 1.00 bits per heavy atom. The number of hydrogen-bond acceptors (Lipinski definition) is 3. The molecule has 0 saturated heterocycles. The summed E-state index contributed by atoms with van der Waals surface area (Å²) in [6.07, 6.45) is -0.212. The third-order valence-electron chi connectivity index (χ3n) is 4.11. The molecule has 0 radical (unpaired) electrons. The minimum absolute atomic E-state index is 0.225. The van der Waals surface area contributed by atoms with Crippen LogP contribution in [0.2, 0.25) is 0 Å². The molecule has 0 spiro atoms. The lowest BCUT2D eigenvalue weighted by Gasteiger charge is -2.29. The summed E-state index contributed by atoms with van der Waals surface area (Å²) in [5.41, 5.74) is 1.88. The molecule has 1 aliphatic rings. The van der Waals surface area contributed by atoms with E-state index < -0.39 is 12.2 Å². The zero-order chi connectivity index (χ0) is 14.7. The highest BCUT2D eigenvalue weighted by Gasteiger charge is 2.27. The number of aliphatic hydroxyl groups is 2. The fourth-order valence-electron chi connectivity index (χ4n) is 2.95. The van der Waals surface area contributed by atoms with Crippen LogP contribution in [0.15, 0.2) is 54.6 Å². The van der Waals surface area contributed by atoms with Gasteiger partial charge in [-0.3, -0.25) is 0 Å². The van der Waals surface area contributed by atoms with E-state index in [0.29, 0.717) is 13.0 Å². The molecule has 2 aromatic rings. The number of hydrogen-bond donors (Lipinski definition) is 2. The Morgan fingerprint density at radius 3 is 2.52 bits per heavy atom. The average Bonchev–Trinajstić information content (AvgIpc) is 2.55. The summed E-state index contributed by atoms with van der Waals surface area (Å²) < 4.78 is 5.64. The molecule has 0 bridgehead atoms. The molecule has 110 valence electrons. The van der Waals surface area contributed by atoms with Crippen LogP contribution in [-0.2, 0) is 0 Å². The van der Waals surface area contributed by atoms with Crippen molar-refractivity contribution in [3.05, 3.63) is 65.7 Å². The normalized spacial score (nSPS) is 20.2. The van der Waals surface area contributed by atoms with E-state index in [1.807, 2.05) is 54.6 Å². The van der Waals surface area contributed by atoms with E-state index in [1.165, 1.54) is 0 Å². The van der Waals surface area contributed by atoms with Crippen LogP contribution in [-0.4, -0.2) is 22.9 Å². The van der Waals surface area contributed by atoms with Crippen molar-refractivity contribution in [2.24, 2.45) is 0 Å². The molecule has 3 rings (SSSR count). The molecule has 3 unspecified atom stereocenters. The highest BCUT2D eigenvalue weighted by Crippen LogP contribution is 2.37. The highest BCUT2D eigenvalue weighted by atomic mass is 16.5. The van der Waals surface area contributed by atoms with Crippen LogP contribution in [0.1, 0.15) is 36.0 Å². The molecule has 2 N–H and O–H groups in total. The summed E-state index contributed by atoms with van der Waals surface area (Å²) in [4.78, 5) is 0. The van der Waals surface area contributed by atoms with Crippen molar-refractivity contribution in [1.82, 2.24) is 0 Å². The summed E-state index contributed by atoms with van der Waals surface area (Å²) in [5.74, 6) is 1.12. The van der Waals surface area contributed by atoms with Crippen LogP contribution in [0.4, 0.5) is 0 Å². The maximum atomic E-state index is 10.4. The van der Waals surface area contributed by atoms with E-state index >= 15 is 0 Å². The fraction of sp³-hybridized carbons (Fsp3) is 0.333. The summed E-state index contributed by atoms with van der Waals surface area (Å²) in [6.45, 7) is 0.663. The molecule has 0 aromatic heterocycles. The van der Waals surface area contributed by atoms with Crippen LogP contribution in [0.3, 0.4) is 0 Å². The second-order valence-corrected chi connectivity index (χ2v) is 5.53. The lowest BCUT2D eigenvalue weighted by atomic mass is 9.86. The first-order chi connectivity index (χ1) is 10.3. The van der Waals surface area contributed by atoms with Crippen LogP contribution < -0.4 is 4.74 Å². The first kappa shape index (κ1) is 14.1. The van der Waals surface area contributed by atoms with E-state index in [4.69, 9.17) is 4.74 Å². The molecule has 0 aliphatic carbocycles. The van der Waals surface area contributed by atoms with Gasteiger partial charge in [0.1, 0.15) is 11.9 Å². The molecule has 3 nitrogen and oxygen atoms in total. The van der Waals surface area contributed by atoms with E-state index in [0.717, 1.165) is 23.3 Å².